The second kappa shape index (κ2) is 6.05. The highest BCUT2D eigenvalue weighted by atomic mass is 79.9. The summed E-state index contributed by atoms with van der Waals surface area (Å²) in [6, 6.07) is 11.2. The maximum Gasteiger partial charge on any atom is 0.275 e. The van der Waals surface area contributed by atoms with Crippen LogP contribution >= 0.6 is 15.9 Å². The predicted octanol–water partition coefficient (Wildman–Crippen LogP) is 4.59. The summed E-state index contributed by atoms with van der Waals surface area (Å²) in [7, 11) is 0. The Balaban J connectivity index is 2.18. The van der Waals surface area contributed by atoms with Crippen LogP contribution < -0.4 is 5.32 Å². The number of nitro benzene ring substituents is 1. The van der Waals surface area contributed by atoms with Crippen LogP contribution in [-0.4, -0.2) is 4.92 Å². The molecule has 2 aromatic carbocycles. The molecule has 0 fully saturated rings. The largest absolute Gasteiger partial charge is 0.381 e. The van der Waals surface area contributed by atoms with Gasteiger partial charge in [-0.2, -0.15) is 0 Å². The van der Waals surface area contributed by atoms with Crippen LogP contribution in [0.15, 0.2) is 40.9 Å². The van der Waals surface area contributed by atoms with Gasteiger partial charge in [-0.15, -0.1) is 0 Å². The average Bonchev–Trinajstić information content (AvgIpc) is 2.41. The maximum atomic E-state index is 11.0. The van der Waals surface area contributed by atoms with Gasteiger partial charge in [0.25, 0.3) is 5.69 Å². The van der Waals surface area contributed by atoms with Gasteiger partial charge >= 0.3 is 0 Å². The molecule has 0 aliphatic heterocycles. The highest BCUT2D eigenvalue weighted by Crippen LogP contribution is 2.24. The number of nitrogens with one attached hydrogen (secondary N) is 1. The fourth-order valence-corrected chi connectivity index (χ4v) is 2.25. The summed E-state index contributed by atoms with van der Waals surface area (Å²) in [4.78, 5) is 10.7. The molecule has 0 aliphatic rings. The van der Waals surface area contributed by atoms with Crippen molar-refractivity contribution < 1.29 is 4.92 Å². The first-order valence-corrected chi connectivity index (χ1v) is 7.00. The summed E-state index contributed by atoms with van der Waals surface area (Å²) in [5.41, 5.74) is 4.17. The minimum absolute atomic E-state index is 0.121. The lowest BCUT2D eigenvalue weighted by molar-refractivity contribution is -0.385. The Labute approximate surface area is 126 Å². The van der Waals surface area contributed by atoms with E-state index in [2.05, 4.69) is 28.2 Å². The van der Waals surface area contributed by atoms with Gasteiger partial charge in [-0.1, -0.05) is 22.0 Å². The van der Waals surface area contributed by atoms with E-state index in [0.29, 0.717) is 16.6 Å². The zero-order chi connectivity index (χ0) is 14.7. The molecule has 0 spiro atoms. The first-order chi connectivity index (χ1) is 9.47. The molecule has 0 heterocycles. The smallest absolute Gasteiger partial charge is 0.275 e. The molecule has 0 saturated heterocycles. The molecule has 4 nitrogen and oxygen atoms in total. The number of benzene rings is 2. The zero-order valence-electron chi connectivity index (χ0n) is 11.3. The molecule has 0 amide bonds. The molecule has 0 radical (unpaired) electrons. The van der Waals surface area contributed by atoms with E-state index in [1.54, 1.807) is 6.07 Å². The quantitative estimate of drug-likeness (QED) is 0.657. The predicted molar refractivity (Wildman–Crippen MR) is 84.0 cm³/mol. The third-order valence-corrected chi connectivity index (χ3v) is 3.73. The van der Waals surface area contributed by atoms with Crippen LogP contribution in [0.4, 0.5) is 11.4 Å². The van der Waals surface area contributed by atoms with Crippen molar-refractivity contribution in [2.45, 2.75) is 20.4 Å². The molecule has 104 valence electrons. The fraction of sp³-hybridized carbons (Fsp3) is 0.200. The Morgan fingerprint density at radius 2 is 1.90 bits per heavy atom. The molecule has 0 aliphatic carbocycles. The lowest BCUT2D eigenvalue weighted by Gasteiger charge is -2.09. The van der Waals surface area contributed by atoms with Crippen molar-refractivity contribution in [3.8, 4) is 0 Å². The Hall–Kier alpha value is -1.88. The van der Waals surface area contributed by atoms with Crippen LogP contribution in [0.1, 0.15) is 16.7 Å². The molecule has 1 N–H and O–H groups in total. The Morgan fingerprint density at radius 1 is 1.15 bits per heavy atom. The van der Waals surface area contributed by atoms with Crippen LogP contribution in [0.2, 0.25) is 0 Å². The third kappa shape index (κ3) is 3.36. The van der Waals surface area contributed by atoms with Crippen molar-refractivity contribution in [2.75, 3.05) is 5.32 Å². The standard InChI is InChI=1S/C15H15BrN2O2/c1-10-3-6-14(7-11(10)2)17-9-12-4-5-13(16)8-15(12)18(19)20/h3-8,17H,9H2,1-2H3. The molecular formula is C15H15BrN2O2. The van der Waals surface area contributed by atoms with Crippen LogP contribution in [0.3, 0.4) is 0 Å². The van der Waals surface area contributed by atoms with E-state index >= 15 is 0 Å². The van der Waals surface area contributed by atoms with Gasteiger partial charge in [0.2, 0.25) is 0 Å². The topological polar surface area (TPSA) is 55.2 Å². The minimum Gasteiger partial charge on any atom is -0.381 e. The van der Waals surface area contributed by atoms with Crippen molar-refractivity contribution in [3.05, 3.63) is 67.7 Å². The summed E-state index contributed by atoms with van der Waals surface area (Å²) in [6.07, 6.45) is 0. The normalized spacial score (nSPS) is 10.3. The summed E-state index contributed by atoms with van der Waals surface area (Å²) >= 11 is 3.25. The number of rotatable bonds is 4. The van der Waals surface area contributed by atoms with E-state index in [1.807, 2.05) is 31.2 Å². The van der Waals surface area contributed by atoms with Crippen molar-refractivity contribution in [1.82, 2.24) is 0 Å². The Kier molecular flexibility index (Phi) is 4.39. The van der Waals surface area contributed by atoms with Crippen LogP contribution in [-0.2, 0) is 6.54 Å². The van der Waals surface area contributed by atoms with Crippen molar-refractivity contribution >= 4 is 27.3 Å². The second-order valence-electron chi connectivity index (χ2n) is 4.68. The molecule has 5 heteroatoms. The molecular weight excluding hydrogens is 320 g/mol. The first-order valence-electron chi connectivity index (χ1n) is 6.21. The number of hydrogen-bond donors (Lipinski definition) is 1. The van der Waals surface area contributed by atoms with Gasteiger partial charge in [-0.05, 0) is 49.2 Å². The number of aryl methyl sites for hydroxylation is 2. The fourth-order valence-electron chi connectivity index (χ4n) is 1.91. The van der Waals surface area contributed by atoms with Gasteiger partial charge in [-0.25, -0.2) is 0 Å². The Morgan fingerprint density at radius 3 is 2.55 bits per heavy atom. The van der Waals surface area contributed by atoms with Gasteiger partial charge < -0.3 is 5.32 Å². The van der Waals surface area contributed by atoms with E-state index < -0.39 is 0 Å². The summed E-state index contributed by atoms with van der Waals surface area (Å²) in [5, 5.41) is 14.3. The van der Waals surface area contributed by atoms with E-state index in [0.717, 1.165) is 5.69 Å². The first kappa shape index (κ1) is 14.5. The molecule has 0 saturated carbocycles. The molecule has 0 aromatic heterocycles. The zero-order valence-corrected chi connectivity index (χ0v) is 12.9. The van der Waals surface area contributed by atoms with Crippen LogP contribution in [0.5, 0.6) is 0 Å². The highest BCUT2D eigenvalue weighted by molar-refractivity contribution is 9.10. The lowest BCUT2D eigenvalue weighted by atomic mass is 10.1. The van der Waals surface area contributed by atoms with E-state index in [-0.39, 0.29) is 10.6 Å². The third-order valence-electron chi connectivity index (χ3n) is 3.23. The summed E-state index contributed by atoms with van der Waals surface area (Å²) in [5.74, 6) is 0. The number of halogens is 1. The summed E-state index contributed by atoms with van der Waals surface area (Å²) < 4.78 is 0.708. The van der Waals surface area contributed by atoms with Crippen LogP contribution in [0.25, 0.3) is 0 Å². The Bertz CT molecular complexity index is 656. The molecule has 0 bridgehead atoms. The number of nitro groups is 1. The highest BCUT2D eigenvalue weighted by Gasteiger charge is 2.13. The minimum atomic E-state index is -0.359. The number of nitrogens with zero attached hydrogens (tertiary/aromatic N) is 1. The number of anilines is 1. The molecule has 20 heavy (non-hydrogen) atoms. The summed E-state index contributed by atoms with van der Waals surface area (Å²) in [6.45, 7) is 4.52. The van der Waals surface area contributed by atoms with Gasteiger partial charge in [0.15, 0.2) is 0 Å². The van der Waals surface area contributed by atoms with E-state index in [9.17, 15) is 10.1 Å². The van der Waals surface area contributed by atoms with Gasteiger partial charge in [-0.3, -0.25) is 10.1 Å². The van der Waals surface area contributed by atoms with Crippen molar-refractivity contribution in [2.24, 2.45) is 0 Å². The van der Waals surface area contributed by atoms with Crippen molar-refractivity contribution in [1.29, 1.82) is 0 Å². The molecule has 0 atom stereocenters. The van der Waals surface area contributed by atoms with Gasteiger partial charge in [0, 0.05) is 28.3 Å². The average molecular weight is 335 g/mol. The lowest BCUT2D eigenvalue weighted by Crippen LogP contribution is -2.03. The maximum absolute atomic E-state index is 11.0. The van der Waals surface area contributed by atoms with Crippen molar-refractivity contribution in [3.63, 3.8) is 0 Å². The van der Waals surface area contributed by atoms with Crippen LogP contribution in [0, 0.1) is 24.0 Å². The molecule has 2 aromatic rings. The van der Waals surface area contributed by atoms with E-state index in [4.69, 9.17) is 0 Å². The molecule has 2 rings (SSSR count). The molecule has 0 unspecified atom stereocenters. The SMILES string of the molecule is Cc1ccc(NCc2ccc(Br)cc2[N+](=O)[O-])cc1C. The van der Waals surface area contributed by atoms with Gasteiger partial charge in [0.05, 0.1) is 4.92 Å². The van der Waals surface area contributed by atoms with E-state index in [1.165, 1.54) is 17.2 Å². The number of hydrogen-bond acceptors (Lipinski definition) is 3. The second-order valence-corrected chi connectivity index (χ2v) is 5.60. The monoisotopic (exact) mass is 334 g/mol. The van der Waals surface area contributed by atoms with Gasteiger partial charge in [0.1, 0.15) is 0 Å².